The first kappa shape index (κ1) is 20.1. The van der Waals surface area contributed by atoms with Crippen LogP contribution < -0.4 is 11.1 Å². The number of carbonyl (C=O) groups excluding carboxylic acids is 3. The first-order chi connectivity index (χ1) is 13.2. The van der Waals surface area contributed by atoms with Crippen molar-refractivity contribution in [3.8, 4) is 0 Å². The van der Waals surface area contributed by atoms with Crippen molar-refractivity contribution in [2.75, 3.05) is 5.32 Å². The molecule has 0 unspecified atom stereocenters. The molecule has 1 aliphatic rings. The van der Waals surface area contributed by atoms with Crippen LogP contribution in [0.25, 0.3) is 0 Å². The zero-order valence-electron chi connectivity index (χ0n) is 14.6. The summed E-state index contributed by atoms with van der Waals surface area (Å²) in [6.45, 7) is -0.153. The van der Waals surface area contributed by atoms with Gasteiger partial charge < -0.3 is 11.1 Å². The third-order valence-electron chi connectivity index (χ3n) is 4.42. The molecule has 1 aliphatic carbocycles. The smallest absolute Gasteiger partial charge is 0.365 e. The number of nitrogens with two attached hydrogens (primary N) is 1. The van der Waals surface area contributed by atoms with Crippen LogP contribution in [0, 0.1) is 0 Å². The van der Waals surface area contributed by atoms with Crippen molar-refractivity contribution in [2.24, 2.45) is 5.73 Å². The number of halogens is 3. The molecule has 0 spiro atoms. The van der Waals surface area contributed by atoms with Crippen molar-refractivity contribution in [1.82, 2.24) is 9.78 Å². The van der Waals surface area contributed by atoms with Crippen molar-refractivity contribution in [2.45, 2.75) is 44.8 Å². The van der Waals surface area contributed by atoms with E-state index in [9.17, 15) is 27.6 Å². The summed E-state index contributed by atoms with van der Waals surface area (Å²) in [4.78, 5) is 35.9. The van der Waals surface area contributed by atoms with Gasteiger partial charge >= 0.3 is 6.18 Å². The molecule has 0 aromatic carbocycles. The second-order valence-electron chi connectivity index (χ2n) is 6.39. The van der Waals surface area contributed by atoms with Gasteiger partial charge in [-0.15, -0.1) is 11.3 Å². The fourth-order valence-electron chi connectivity index (χ4n) is 3.18. The number of aromatic nitrogens is 2. The van der Waals surface area contributed by atoms with E-state index in [1.807, 2.05) is 0 Å². The summed E-state index contributed by atoms with van der Waals surface area (Å²) in [5.41, 5.74) is 4.77. The quantitative estimate of drug-likeness (QED) is 0.709. The molecule has 0 fully saturated rings. The van der Waals surface area contributed by atoms with Crippen LogP contribution in [0.2, 0.25) is 0 Å². The van der Waals surface area contributed by atoms with Gasteiger partial charge in [0, 0.05) is 24.0 Å². The monoisotopic (exact) mass is 414 g/mol. The van der Waals surface area contributed by atoms with Gasteiger partial charge in [-0.2, -0.15) is 18.3 Å². The third kappa shape index (κ3) is 4.08. The fraction of sp³-hybridized carbons (Fsp3) is 0.412. The average molecular weight is 414 g/mol. The molecule has 0 aliphatic heterocycles. The number of fused-ring (bicyclic) bond motifs is 1. The Bertz CT molecular complexity index is 933. The van der Waals surface area contributed by atoms with Gasteiger partial charge in [0.25, 0.3) is 5.91 Å². The molecule has 2 aromatic heterocycles. The van der Waals surface area contributed by atoms with Crippen LogP contribution in [0.4, 0.5) is 18.2 Å². The summed E-state index contributed by atoms with van der Waals surface area (Å²) in [6.07, 6.45) is -0.436. The lowest BCUT2D eigenvalue weighted by atomic mass is 9.95. The zero-order chi connectivity index (χ0) is 20.5. The molecule has 0 saturated carbocycles. The van der Waals surface area contributed by atoms with Crippen molar-refractivity contribution in [3.05, 3.63) is 33.5 Å². The number of thiophene rings is 1. The van der Waals surface area contributed by atoms with Crippen molar-refractivity contribution in [3.63, 3.8) is 0 Å². The van der Waals surface area contributed by atoms with Gasteiger partial charge in [-0.05, 0) is 31.2 Å². The molecule has 28 heavy (non-hydrogen) atoms. The number of hydrogen-bond donors (Lipinski definition) is 2. The van der Waals surface area contributed by atoms with Crippen molar-refractivity contribution in [1.29, 1.82) is 0 Å². The highest BCUT2D eigenvalue weighted by Crippen LogP contribution is 2.38. The lowest BCUT2D eigenvalue weighted by Crippen LogP contribution is -2.19. The van der Waals surface area contributed by atoms with Gasteiger partial charge in [0.15, 0.2) is 12.0 Å². The molecule has 2 aromatic rings. The van der Waals surface area contributed by atoms with E-state index in [4.69, 9.17) is 5.73 Å². The van der Waals surface area contributed by atoms with E-state index >= 15 is 0 Å². The second kappa shape index (κ2) is 7.74. The summed E-state index contributed by atoms with van der Waals surface area (Å²) in [6, 6.07) is 0. The van der Waals surface area contributed by atoms with E-state index in [2.05, 4.69) is 10.4 Å². The van der Waals surface area contributed by atoms with E-state index in [0.717, 1.165) is 47.0 Å². The molecule has 3 rings (SSSR count). The van der Waals surface area contributed by atoms with Crippen LogP contribution in [0.1, 0.15) is 56.1 Å². The number of hydrogen-bond acceptors (Lipinski definition) is 5. The molecule has 3 N–H and O–H groups in total. The minimum atomic E-state index is -4.75. The zero-order valence-corrected chi connectivity index (χ0v) is 15.5. The molecular weight excluding hydrogens is 397 g/mol. The fourth-order valence-corrected chi connectivity index (χ4v) is 4.49. The van der Waals surface area contributed by atoms with Crippen LogP contribution in [0.15, 0.2) is 6.20 Å². The number of amides is 2. The molecule has 2 amide bonds. The standard InChI is InChI=1S/C17H17F3N4O3S/c18-17(19,20)14-9(8-25)7-24(23-14)6-5-12(26)22-16-13(15(21)27)10-3-1-2-4-11(10)28-16/h7-8H,1-6H2,(H2,21,27)(H,22,26). The molecule has 0 saturated heterocycles. The first-order valence-corrected chi connectivity index (χ1v) is 9.36. The molecule has 0 radical (unpaired) electrons. The number of alkyl halides is 3. The Morgan fingerprint density at radius 1 is 1.32 bits per heavy atom. The van der Waals surface area contributed by atoms with Gasteiger partial charge in [0.05, 0.1) is 11.1 Å². The predicted molar refractivity (Wildman–Crippen MR) is 95.3 cm³/mol. The number of primary amides is 1. The van der Waals surface area contributed by atoms with Crippen LogP contribution in [-0.4, -0.2) is 27.9 Å². The molecule has 7 nitrogen and oxygen atoms in total. The Morgan fingerprint density at radius 3 is 2.64 bits per heavy atom. The predicted octanol–water partition coefficient (Wildman–Crippen LogP) is 2.78. The highest BCUT2D eigenvalue weighted by atomic mass is 32.1. The van der Waals surface area contributed by atoms with Crippen LogP contribution in [0.5, 0.6) is 0 Å². The van der Waals surface area contributed by atoms with Crippen molar-refractivity contribution < 1.29 is 27.6 Å². The van der Waals surface area contributed by atoms with Gasteiger partial charge in [0.1, 0.15) is 5.00 Å². The maximum absolute atomic E-state index is 12.8. The number of aryl methyl sites for hydroxylation is 2. The molecule has 2 heterocycles. The average Bonchev–Trinajstić information content (AvgIpc) is 3.20. The number of aldehydes is 1. The molecule has 11 heteroatoms. The van der Waals surface area contributed by atoms with E-state index in [0.29, 0.717) is 10.6 Å². The van der Waals surface area contributed by atoms with Gasteiger partial charge in [0.2, 0.25) is 5.91 Å². The number of rotatable bonds is 6. The SMILES string of the molecule is NC(=O)c1c(NC(=O)CCn2cc(C=O)c(C(F)(F)F)n2)sc2c1CCCC2. The number of nitrogens with one attached hydrogen (secondary N) is 1. The minimum Gasteiger partial charge on any atom is -0.365 e. The van der Waals surface area contributed by atoms with E-state index < -0.39 is 29.2 Å². The van der Waals surface area contributed by atoms with Gasteiger partial charge in [-0.3, -0.25) is 19.1 Å². The molecular formula is C17H17F3N4O3S. The Morgan fingerprint density at radius 2 is 2.04 bits per heavy atom. The summed E-state index contributed by atoms with van der Waals surface area (Å²) >= 11 is 1.30. The highest BCUT2D eigenvalue weighted by molar-refractivity contribution is 7.17. The Labute approximate surface area is 161 Å². The maximum atomic E-state index is 12.8. The molecule has 0 atom stereocenters. The van der Waals surface area contributed by atoms with Gasteiger partial charge in [-0.25, -0.2) is 0 Å². The highest BCUT2D eigenvalue weighted by Gasteiger charge is 2.37. The number of anilines is 1. The van der Waals surface area contributed by atoms with E-state index in [1.54, 1.807) is 0 Å². The lowest BCUT2D eigenvalue weighted by Gasteiger charge is -2.11. The third-order valence-corrected chi connectivity index (χ3v) is 5.63. The van der Waals surface area contributed by atoms with Crippen molar-refractivity contribution >= 4 is 34.4 Å². The summed E-state index contributed by atoms with van der Waals surface area (Å²) in [7, 11) is 0. The first-order valence-electron chi connectivity index (χ1n) is 8.54. The minimum absolute atomic E-state index is 0.0711. The van der Waals surface area contributed by atoms with Gasteiger partial charge in [-0.1, -0.05) is 0 Å². The number of nitrogens with zero attached hydrogens (tertiary/aromatic N) is 2. The normalized spacial score (nSPS) is 13.8. The number of carbonyl (C=O) groups is 3. The topological polar surface area (TPSA) is 107 Å². The Balaban J connectivity index is 1.70. The van der Waals surface area contributed by atoms with E-state index in [1.165, 1.54) is 11.3 Å². The molecule has 150 valence electrons. The Hall–Kier alpha value is -2.69. The van der Waals surface area contributed by atoms with Crippen LogP contribution in [-0.2, 0) is 30.4 Å². The maximum Gasteiger partial charge on any atom is 0.435 e. The lowest BCUT2D eigenvalue weighted by molar-refractivity contribution is -0.141. The summed E-state index contributed by atoms with van der Waals surface area (Å²) in [5.74, 6) is -1.11. The summed E-state index contributed by atoms with van der Waals surface area (Å²) in [5, 5.41) is 6.34. The van der Waals surface area contributed by atoms with E-state index in [-0.39, 0.29) is 19.3 Å². The second-order valence-corrected chi connectivity index (χ2v) is 7.49. The largest absolute Gasteiger partial charge is 0.435 e. The Kier molecular flexibility index (Phi) is 5.54. The van der Waals surface area contributed by atoms with Crippen LogP contribution in [0.3, 0.4) is 0 Å². The summed E-state index contributed by atoms with van der Waals surface area (Å²) < 4.78 is 39.3. The molecule has 0 bridgehead atoms. The van der Waals surface area contributed by atoms with Crippen LogP contribution >= 0.6 is 11.3 Å².